The Morgan fingerprint density at radius 1 is 0.909 bits per heavy atom. The number of hydrogen-bond donors (Lipinski definition) is 1. The van der Waals surface area contributed by atoms with Gasteiger partial charge in [0.05, 0.1) is 6.42 Å². The van der Waals surface area contributed by atoms with Crippen LogP contribution in [0.1, 0.15) is 30.5 Å². The molecular weight excluding hydrogens is 500 g/mol. The highest BCUT2D eigenvalue weighted by molar-refractivity contribution is 9.10. The Morgan fingerprint density at radius 2 is 1.58 bits per heavy atom. The highest BCUT2D eigenvalue weighted by Gasteiger charge is 2.30. The average Bonchev–Trinajstić information content (AvgIpc) is 2.78. The number of carbonyl (C=O) groups is 2. The molecule has 2 amide bonds. The molecule has 0 radical (unpaired) electrons. The van der Waals surface area contributed by atoms with Crippen molar-refractivity contribution in [2.45, 2.75) is 45.3 Å². The number of halogens is 2. The third kappa shape index (κ3) is 7.72. The van der Waals surface area contributed by atoms with Gasteiger partial charge in [0.2, 0.25) is 11.8 Å². The Morgan fingerprint density at radius 3 is 2.21 bits per heavy atom. The summed E-state index contributed by atoms with van der Waals surface area (Å²) in [5.41, 5.74) is 2.80. The summed E-state index contributed by atoms with van der Waals surface area (Å²) in [5, 5.41) is 3.63. The monoisotopic (exact) mass is 526 g/mol. The molecular formula is C27H28BrClN2O2. The van der Waals surface area contributed by atoms with E-state index in [1.807, 2.05) is 80.6 Å². The molecule has 0 aromatic heterocycles. The highest BCUT2D eigenvalue weighted by Crippen LogP contribution is 2.19. The number of rotatable bonds is 9. The molecule has 4 nitrogen and oxygen atoms in total. The van der Waals surface area contributed by atoms with Crippen LogP contribution in [-0.2, 0) is 29.0 Å². The van der Waals surface area contributed by atoms with Crippen LogP contribution in [0.5, 0.6) is 0 Å². The van der Waals surface area contributed by atoms with Gasteiger partial charge in [-0.3, -0.25) is 9.59 Å². The second kappa shape index (κ2) is 12.0. The van der Waals surface area contributed by atoms with Crippen molar-refractivity contribution < 1.29 is 9.59 Å². The topological polar surface area (TPSA) is 49.4 Å². The van der Waals surface area contributed by atoms with Crippen LogP contribution in [0, 0.1) is 0 Å². The summed E-state index contributed by atoms with van der Waals surface area (Å²) in [5.74, 6) is -0.273. The Kier molecular flexibility index (Phi) is 9.10. The Bertz CT molecular complexity index is 1070. The van der Waals surface area contributed by atoms with Gasteiger partial charge in [-0.05, 0) is 54.8 Å². The van der Waals surface area contributed by atoms with Crippen LogP contribution in [0.25, 0.3) is 0 Å². The van der Waals surface area contributed by atoms with Crippen molar-refractivity contribution in [3.05, 3.63) is 105 Å². The molecule has 3 aromatic rings. The fourth-order valence-electron chi connectivity index (χ4n) is 3.65. The molecule has 0 aliphatic rings. The molecule has 33 heavy (non-hydrogen) atoms. The van der Waals surface area contributed by atoms with Crippen LogP contribution < -0.4 is 5.32 Å². The van der Waals surface area contributed by atoms with Crippen molar-refractivity contribution in [1.29, 1.82) is 0 Å². The fraction of sp³-hybridized carbons (Fsp3) is 0.259. The van der Waals surface area contributed by atoms with Gasteiger partial charge in [-0.25, -0.2) is 0 Å². The SMILES string of the molecule is CC(C)NC(=O)[C@@H](Cc1ccccc1)N(Cc1cccc(Br)c1)C(=O)Cc1ccc(Cl)cc1. The molecule has 0 spiro atoms. The van der Waals surface area contributed by atoms with Crippen molar-refractivity contribution in [3.63, 3.8) is 0 Å². The summed E-state index contributed by atoms with van der Waals surface area (Å²) in [6, 6.07) is 24.2. The number of hydrogen-bond acceptors (Lipinski definition) is 2. The largest absolute Gasteiger partial charge is 0.352 e. The zero-order valence-corrected chi connectivity index (χ0v) is 21.1. The zero-order valence-electron chi connectivity index (χ0n) is 18.8. The minimum Gasteiger partial charge on any atom is -0.352 e. The second-order valence-electron chi connectivity index (χ2n) is 8.32. The normalized spacial score (nSPS) is 11.8. The predicted molar refractivity (Wildman–Crippen MR) is 137 cm³/mol. The molecule has 0 aliphatic heterocycles. The van der Waals surface area contributed by atoms with Gasteiger partial charge in [-0.1, -0.05) is 82.1 Å². The van der Waals surface area contributed by atoms with E-state index in [0.717, 1.165) is 21.2 Å². The summed E-state index contributed by atoms with van der Waals surface area (Å²) >= 11 is 9.52. The standard InChI is InChI=1S/C27H28BrClN2O2/c1-19(2)30-27(33)25(16-20-7-4-3-5-8-20)31(18-22-9-6-10-23(28)15-22)26(32)17-21-11-13-24(29)14-12-21/h3-15,19,25H,16-18H2,1-2H3,(H,30,33)/t25-/m1/s1. The molecule has 0 bridgehead atoms. The first-order valence-corrected chi connectivity index (χ1v) is 12.1. The lowest BCUT2D eigenvalue weighted by Crippen LogP contribution is -2.52. The van der Waals surface area contributed by atoms with E-state index in [0.29, 0.717) is 18.0 Å². The number of carbonyl (C=O) groups excluding carboxylic acids is 2. The summed E-state index contributed by atoms with van der Waals surface area (Å²) < 4.78 is 0.927. The van der Waals surface area contributed by atoms with Crippen molar-refractivity contribution in [2.24, 2.45) is 0 Å². The van der Waals surface area contributed by atoms with Crippen molar-refractivity contribution in [3.8, 4) is 0 Å². The molecule has 0 aliphatic carbocycles. The first kappa shape index (κ1) is 25.0. The smallest absolute Gasteiger partial charge is 0.243 e. The summed E-state index contributed by atoms with van der Waals surface area (Å²) in [4.78, 5) is 28.6. The van der Waals surface area contributed by atoms with Gasteiger partial charge < -0.3 is 10.2 Å². The zero-order chi connectivity index (χ0) is 23.8. The Balaban J connectivity index is 1.96. The van der Waals surface area contributed by atoms with Crippen LogP contribution >= 0.6 is 27.5 Å². The maximum absolute atomic E-state index is 13.6. The third-order valence-corrected chi connectivity index (χ3v) is 5.96. The van der Waals surface area contributed by atoms with Crippen LogP contribution in [0.4, 0.5) is 0 Å². The Labute approximate surface area is 209 Å². The lowest BCUT2D eigenvalue weighted by Gasteiger charge is -2.32. The van der Waals surface area contributed by atoms with E-state index in [1.54, 1.807) is 17.0 Å². The fourth-order valence-corrected chi connectivity index (χ4v) is 4.22. The molecule has 172 valence electrons. The van der Waals surface area contributed by atoms with Gasteiger partial charge in [0.25, 0.3) is 0 Å². The van der Waals surface area contributed by atoms with Gasteiger partial charge in [0.1, 0.15) is 6.04 Å². The summed E-state index contributed by atoms with van der Waals surface area (Å²) in [6.07, 6.45) is 0.616. The average molecular weight is 528 g/mol. The molecule has 0 heterocycles. The summed E-state index contributed by atoms with van der Waals surface area (Å²) in [6.45, 7) is 4.17. The molecule has 3 aromatic carbocycles. The molecule has 6 heteroatoms. The molecule has 0 fully saturated rings. The van der Waals surface area contributed by atoms with Crippen molar-refractivity contribution in [2.75, 3.05) is 0 Å². The van der Waals surface area contributed by atoms with Gasteiger partial charge in [0, 0.05) is 28.5 Å². The van der Waals surface area contributed by atoms with Gasteiger partial charge in [-0.2, -0.15) is 0 Å². The number of amides is 2. The van der Waals surface area contributed by atoms with E-state index in [-0.39, 0.29) is 24.3 Å². The van der Waals surface area contributed by atoms with Crippen LogP contribution in [-0.4, -0.2) is 28.8 Å². The lowest BCUT2D eigenvalue weighted by atomic mass is 10.0. The molecule has 0 saturated heterocycles. The maximum atomic E-state index is 13.6. The minimum atomic E-state index is -0.645. The molecule has 0 unspecified atom stereocenters. The first-order valence-electron chi connectivity index (χ1n) is 10.9. The van der Waals surface area contributed by atoms with Crippen LogP contribution in [0.2, 0.25) is 5.02 Å². The molecule has 1 N–H and O–H groups in total. The van der Waals surface area contributed by atoms with Crippen LogP contribution in [0.15, 0.2) is 83.3 Å². The second-order valence-corrected chi connectivity index (χ2v) is 9.68. The quantitative estimate of drug-likeness (QED) is 0.382. The van der Waals surface area contributed by atoms with E-state index in [1.165, 1.54) is 0 Å². The maximum Gasteiger partial charge on any atom is 0.243 e. The lowest BCUT2D eigenvalue weighted by molar-refractivity contribution is -0.141. The minimum absolute atomic E-state index is 0.0325. The van der Waals surface area contributed by atoms with Gasteiger partial charge in [0.15, 0.2) is 0 Å². The predicted octanol–water partition coefficient (Wildman–Crippen LogP) is 5.81. The van der Waals surface area contributed by atoms with E-state index in [2.05, 4.69) is 21.2 Å². The Hall–Kier alpha value is -2.63. The first-order chi connectivity index (χ1) is 15.8. The van der Waals surface area contributed by atoms with Crippen molar-refractivity contribution in [1.82, 2.24) is 10.2 Å². The molecule has 0 saturated carbocycles. The molecule has 1 atom stereocenters. The van der Waals surface area contributed by atoms with E-state index in [4.69, 9.17) is 11.6 Å². The van der Waals surface area contributed by atoms with E-state index < -0.39 is 6.04 Å². The highest BCUT2D eigenvalue weighted by atomic mass is 79.9. The summed E-state index contributed by atoms with van der Waals surface area (Å²) in [7, 11) is 0. The van der Waals surface area contributed by atoms with E-state index in [9.17, 15) is 9.59 Å². The number of benzene rings is 3. The van der Waals surface area contributed by atoms with E-state index >= 15 is 0 Å². The third-order valence-electron chi connectivity index (χ3n) is 5.21. The van der Waals surface area contributed by atoms with Gasteiger partial charge >= 0.3 is 0 Å². The van der Waals surface area contributed by atoms with Crippen molar-refractivity contribution >= 4 is 39.3 Å². The number of nitrogens with one attached hydrogen (secondary N) is 1. The molecule has 3 rings (SSSR count). The number of nitrogens with zero attached hydrogens (tertiary/aromatic N) is 1. The van der Waals surface area contributed by atoms with Crippen LogP contribution in [0.3, 0.4) is 0 Å². The van der Waals surface area contributed by atoms with Gasteiger partial charge in [-0.15, -0.1) is 0 Å².